The molecule has 0 N–H and O–H groups in total. The number of hydrogen-bond acceptors (Lipinski definition) is 4. The van der Waals surface area contributed by atoms with Gasteiger partial charge in [0.2, 0.25) is 0 Å². The molecule has 96 valence electrons. The van der Waals surface area contributed by atoms with E-state index in [0.29, 0.717) is 5.92 Å². The average molecular weight is 238 g/mol. The summed E-state index contributed by atoms with van der Waals surface area (Å²) >= 11 is 0. The number of nitrogens with zero attached hydrogens (tertiary/aromatic N) is 2. The van der Waals surface area contributed by atoms with E-state index < -0.39 is 0 Å². The Hall–Kier alpha value is -0.870. The summed E-state index contributed by atoms with van der Waals surface area (Å²) in [5, 5.41) is 4.22. The smallest absolute Gasteiger partial charge is 0.136 e. The zero-order valence-corrected chi connectivity index (χ0v) is 11.0. The second-order valence-electron chi connectivity index (χ2n) is 4.88. The lowest BCUT2D eigenvalue weighted by Gasteiger charge is -2.31. The maximum atomic E-state index is 5.27. The van der Waals surface area contributed by atoms with Gasteiger partial charge in [0.15, 0.2) is 0 Å². The van der Waals surface area contributed by atoms with Gasteiger partial charge in [0, 0.05) is 31.7 Å². The first kappa shape index (κ1) is 12.6. The zero-order chi connectivity index (χ0) is 12.3. The summed E-state index contributed by atoms with van der Waals surface area (Å²) in [7, 11) is 1.76. The molecule has 0 bridgehead atoms. The molecule has 0 amide bonds. The van der Waals surface area contributed by atoms with Crippen LogP contribution in [0, 0.1) is 13.8 Å². The van der Waals surface area contributed by atoms with Crippen molar-refractivity contribution in [2.75, 3.05) is 33.4 Å². The van der Waals surface area contributed by atoms with E-state index in [0.717, 1.165) is 31.2 Å². The van der Waals surface area contributed by atoms with Gasteiger partial charge in [0.25, 0.3) is 0 Å². The third-order valence-corrected chi connectivity index (χ3v) is 3.70. The van der Waals surface area contributed by atoms with E-state index >= 15 is 0 Å². The molecule has 1 saturated heterocycles. The van der Waals surface area contributed by atoms with E-state index in [1.807, 2.05) is 6.92 Å². The lowest BCUT2D eigenvalue weighted by atomic mass is 9.92. The Morgan fingerprint density at radius 2 is 2.29 bits per heavy atom. The predicted octanol–water partition coefficient (Wildman–Crippen LogP) is 2.12. The van der Waals surface area contributed by atoms with Crippen molar-refractivity contribution in [2.45, 2.75) is 32.6 Å². The van der Waals surface area contributed by atoms with Gasteiger partial charge in [-0.15, -0.1) is 0 Å². The number of piperidine rings is 1. The van der Waals surface area contributed by atoms with E-state index in [1.54, 1.807) is 7.11 Å². The van der Waals surface area contributed by atoms with Crippen LogP contribution in [0.25, 0.3) is 0 Å². The third kappa shape index (κ3) is 2.87. The second kappa shape index (κ2) is 5.65. The Labute approximate surface area is 103 Å². The molecule has 1 atom stereocenters. The van der Waals surface area contributed by atoms with Gasteiger partial charge in [-0.25, -0.2) is 0 Å². The van der Waals surface area contributed by atoms with Crippen LogP contribution in [0.15, 0.2) is 4.52 Å². The molecule has 17 heavy (non-hydrogen) atoms. The first-order chi connectivity index (χ1) is 8.22. The number of hydrogen-bond donors (Lipinski definition) is 0. The van der Waals surface area contributed by atoms with Gasteiger partial charge in [-0.1, -0.05) is 5.16 Å². The summed E-state index contributed by atoms with van der Waals surface area (Å²) in [6, 6.07) is 0. The number of methoxy groups -OCH3 is 1. The Bertz CT molecular complexity index is 362. The largest absolute Gasteiger partial charge is 0.383 e. The molecule has 1 aliphatic rings. The second-order valence-corrected chi connectivity index (χ2v) is 4.88. The Morgan fingerprint density at radius 3 is 2.94 bits per heavy atom. The van der Waals surface area contributed by atoms with Gasteiger partial charge in [-0.05, 0) is 33.2 Å². The molecule has 4 nitrogen and oxygen atoms in total. The molecular formula is C13H22N2O2. The molecular weight excluding hydrogens is 216 g/mol. The van der Waals surface area contributed by atoms with Crippen LogP contribution in [0.1, 0.15) is 35.8 Å². The van der Waals surface area contributed by atoms with E-state index in [9.17, 15) is 0 Å². The van der Waals surface area contributed by atoms with Crippen LogP contribution in [-0.4, -0.2) is 43.4 Å². The zero-order valence-electron chi connectivity index (χ0n) is 11.0. The quantitative estimate of drug-likeness (QED) is 0.805. The molecule has 0 spiro atoms. The summed E-state index contributed by atoms with van der Waals surface area (Å²) < 4.78 is 10.4. The van der Waals surface area contributed by atoms with Crippen molar-refractivity contribution in [3.8, 4) is 0 Å². The van der Waals surface area contributed by atoms with Crippen molar-refractivity contribution < 1.29 is 9.26 Å². The highest BCUT2D eigenvalue weighted by molar-refractivity contribution is 5.24. The number of aryl methyl sites for hydroxylation is 1. The van der Waals surface area contributed by atoms with Crippen LogP contribution < -0.4 is 0 Å². The lowest BCUT2D eigenvalue weighted by molar-refractivity contribution is 0.127. The molecule has 1 aliphatic heterocycles. The fraction of sp³-hybridized carbons (Fsp3) is 0.769. The molecule has 0 aromatic carbocycles. The third-order valence-electron chi connectivity index (χ3n) is 3.70. The number of ether oxygens (including phenoxy) is 1. The van der Waals surface area contributed by atoms with Crippen LogP contribution in [0.5, 0.6) is 0 Å². The van der Waals surface area contributed by atoms with Crippen molar-refractivity contribution in [1.82, 2.24) is 10.1 Å². The van der Waals surface area contributed by atoms with Crippen molar-refractivity contribution in [1.29, 1.82) is 0 Å². The minimum atomic E-state index is 0.526. The van der Waals surface area contributed by atoms with E-state index in [2.05, 4.69) is 17.0 Å². The average Bonchev–Trinajstić information content (AvgIpc) is 2.68. The Kier molecular flexibility index (Phi) is 4.18. The summed E-state index contributed by atoms with van der Waals surface area (Å²) in [5.41, 5.74) is 2.38. The maximum absolute atomic E-state index is 5.27. The first-order valence-corrected chi connectivity index (χ1v) is 6.36. The van der Waals surface area contributed by atoms with Gasteiger partial charge in [-0.2, -0.15) is 0 Å². The van der Waals surface area contributed by atoms with Gasteiger partial charge in [0.05, 0.1) is 12.3 Å². The highest BCUT2D eigenvalue weighted by Gasteiger charge is 2.25. The fourth-order valence-corrected chi connectivity index (χ4v) is 2.52. The Morgan fingerprint density at radius 1 is 1.47 bits per heavy atom. The van der Waals surface area contributed by atoms with Crippen LogP contribution in [0.3, 0.4) is 0 Å². The van der Waals surface area contributed by atoms with Crippen molar-refractivity contribution in [3.63, 3.8) is 0 Å². The minimum absolute atomic E-state index is 0.526. The molecule has 0 saturated carbocycles. The minimum Gasteiger partial charge on any atom is -0.383 e. The SMILES string of the molecule is COCCN1CCCC(c2noc(C)c2C)C1. The van der Waals surface area contributed by atoms with Gasteiger partial charge in [0.1, 0.15) is 5.76 Å². The van der Waals surface area contributed by atoms with Gasteiger partial charge < -0.3 is 14.2 Å². The predicted molar refractivity (Wildman–Crippen MR) is 66.3 cm³/mol. The van der Waals surface area contributed by atoms with Crippen LogP contribution in [0.4, 0.5) is 0 Å². The monoisotopic (exact) mass is 238 g/mol. The highest BCUT2D eigenvalue weighted by atomic mass is 16.5. The van der Waals surface area contributed by atoms with Crippen molar-refractivity contribution in [3.05, 3.63) is 17.0 Å². The van der Waals surface area contributed by atoms with Gasteiger partial charge >= 0.3 is 0 Å². The topological polar surface area (TPSA) is 38.5 Å². The standard InChI is InChI=1S/C13H22N2O2/c1-10-11(2)17-14-13(10)12-5-4-6-15(9-12)7-8-16-3/h12H,4-9H2,1-3H3. The van der Waals surface area contributed by atoms with Gasteiger partial charge in [-0.3, -0.25) is 0 Å². The molecule has 1 aromatic rings. The van der Waals surface area contributed by atoms with E-state index in [4.69, 9.17) is 9.26 Å². The first-order valence-electron chi connectivity index (χ1n) is 6.36. The van der Waals surface area contributed by atoms with Crippen molar-refractivity contribution >= 4 is 0 Å². The summed E-state index contributed by atoms with van der Waals surface area (Å²) in [6.45, 7) is 8.17. The highest BCUT2D eigenvalue weighted by Crippen LogP contribution is 2.29. The fourth-order valence-electron chi connectivity index (χ4n) is 2.52. The van der Waals surface area contributed by atoms with Crippen LogP contribution in [-0.2, 0) is 4.74 Å². The Balaban J connectivity index is 1.99. The molecule has 1 fully saturated rings. The molecule has 2 heterocycles. The molecule has 1 aromatic heterocycles. The number of rotatable bonds is 4. The van der Waals surface area contributed by atoms with Crippen LogP contribution >= 0.6 is 0 Å². The van der Waals surface area contributed by atoms with E-state index in [1.165, 1.54) is 24.9 Å². The normalized spacial score (nSPS) is 21.9. The van der Waals surface area contributed by atoms with Crippen LogP contribution in [0.2, 0.25) is 0 Å². The number of likely N-dealkylation sites (tertiary alicyclic amines) is 1. The molecule has 0 aliphatic carbocycles. The van der Waals surface area contributed by atoms with E-state index in [-0.39, 0.29) is 0 Å². The molecule has 2 rings (SSSR count). The molecule has 4 heteroatoms. The lowest BCUT2D eigenvalue weighted by Crippen LogP contribution is -2.36. The summed E-state index contributed by atoms with van der Waals surface area (Å²) in [5.74, 6) is 1.48. The maximum Gasteiger partial charge on any atom is 0.136 e. The summed E-state index contributed by atoms with van der Waals surface area (Å²) in [6.07, 6.45) is 2.45. The van der Waals surface area contributed by atoms with Crippen molar-refractivity contribution in [2.24, 2.45) is 0 Å². The molecule has 1 unspecified atom stereocenters. The molecule has 0 radical (unpaired) electrons. The number of aromatic nitrogens is 1. The summed E-state index contributed by atoms with van der Waals surface area (Å²) in [4.78, 5) is 2.46.